The zero-order valence-electron chi connectivity index (χ0n) is 18.7. The van der Waals surface area contributed by atoms with E-state index < -0.39 is 5.97 Å². The molecule has 0 aliphatic heterocycles. The highest BCUT2D eigenvalue weighted by molar-refractivity contribution is 9.13. The van der Waals surface area contributed by atoms with Crippen molar-refractivity contribution in [1.29, 1.82) is 0 Å². The number of nitrogens with zero attached hydrogens (tertiary/aromatic N) is 3. The van der Waals surface area contributed by atoms with Crippen LogP contribution in [0.15, 0.2) is 47.6 Å². The van der Waals surface area contributed by atoms with Crippen molar-refractivity contribution in [3.8, 4) is 11.5 Å². The van der Waals surface area contributed by atoms with Crippen molar-refractivity contribution >= 4 is 70.9 Å². The zero-order valence-corrected chi connectivity index (χ0v) is 23.5. The highest BCUT2D eigenvalue weighted by Gasteiger charge is 2.19. The van der Waals surface area contributed by atoms with Crippen molar-refractivity contribution in [2.75, 3.05) is 20.3 Å². The molecule has 3 rings (SSSR count). The van der Waals surface area contributed by atoms with Crippen LogP contribution in [0.2, 0.25) is 0 Å². The second kappa shape index (κ2) is 11.9. The SMILES string of the molecule is CCCc1nc2ccc(Br)cc2c(=O)n1N=Cc1cc(OCC)c(OCC(=O)OC)c(Br)c1Br. The van der Waals surface area contributed by atoms with E-state index in [0.717, 1.165) is 10.9 Å². The van der Waals surface area contributed by atoms with E-state index >= 15 is 0 Å². The number of rotatable bonds is 9. The van der Waals surface area contributed by atoms with Crippen molar-refractivity contribution in [3.63, 3.8) is 0 Å². The van der Waals surface area contributed by atoms with Gasteiger partial charge in [0.2, 0.25) is 0 Å². The summed E-state index contributed by atoms with van der Waals surface area (Å²) in [5.41, 5.74) is 0.992. The Kier molecular flexibility index (Phi) is 9.26. The third kappa shape index (κ3) is 5.87. The maximum atomic E-state index is 13.2. The van der Waals surface area contributed by atoms with Gasteiger partial charge in [-0.3, -0.25) is 4.79 Å². The molecule has 0 radical (unpaired) electrons. The Morgan fingerprint density at radius 2 is 1.91 bits per heavy atom. The number of hydrogen-bond donors (Lipinski definition) is 0. The van der Waals surface area contributed by atoms with Gasteiger partial charge in [-0.1, -0.05) is 22.9 Å². The van der Waals surface area contributed by atoms with Crippen LogP contribution in [0.5, 0.6) is 11.5 Å². The van der Waals surface area contributed by atoms with E-state index in [0.29, 0.717) is 55.8 Å². The predicted octanol–water partition coefficient (Wildman–Crippen LogP) is 5.47. The van der Waals surface area contributed by atoms with Crippen LogP contribution in [-0.4, -0.2) is 42.2 Å². The highest BCUT2D eigenvalue weighted by Crippen LogP contribution is 2.42. The van der Waals surface area contributed by atoms with Crippen LogP contribution in [-0.2, 0) is 16.0 Å². The molecule has 0 fully saturated rings. The number of benzene rings is 2. The summed E-state index contributed by atoms with van der Waals surface area (Å²) in [4.78, 5) is 29.4. The van der Waals surface area contributed by atoms with Crippen LogP contribution in [0.3, 0.4) is 0 Å². The fraction of sp³-hybridized carbons (Fsp3) is 0.304. The predicted molar refractivity (Wildman–Crippen MR) is 141 cm³/mol. The normalized spacial score (nSPS) is 11.2. The van der Waals surface area contributed by atoms with E-state index in [1.54, 1.807) is 18.3 Å². The number of fused-ring (bicyclic) bond motifs is 1. The Morgan fingerprint density at radius 1 is 1.15 bits per heavy atom. The number of halogens is 3. The number of carbonyl (C=O) groups is 1. The number of aryl methyl sites for hydroxylation is 1. The smallest absolute Gasteiger partial charge is 0.343 e. The number of methoxy groups -OCH3 is 1. The Morgan fingerprint density at radius 3 is 2.59 bits per heavy atom. The van der Waals surface area contributed by atoms with Gasteiger partial charge in [-0.05, 0) is 69.5 Å². The molecule has 0 saturated carbocycles. The first-order chi connectivity index (χ1) is 16.3. The molecule has 0 aliphatic carbocycles. The molecule has 0 saturated heterocycles. The summed E-state index contributed by atoms with van der Waals surface area (Å²) in [5, 5.41) is 4.94. The van der Waals surface area contributed by atoms with Crippen molar-refractivity contribution in [2.24, 2.45) is 5.10 Å². The molecular weight excluding hydrogens is 638 g/mol. The maximum Gasteiger partial charge on any atom is 0.343 e. The molecule has 0 bridgehead atoms. The molecule has 34 heavy (non-hydrogen) atoms. The third-order valence-electron chi connectivity index (χ3n) is 4.68. The van der Waals surface area contributed by atoms with Crippen molar-refractivity contribution < 1.29 is 19.0 Å². The molecular formula is C23H22Br3N3O5. The average molecular weight is 660 g/mol. The fourth-order valence-corrected chi connectivity index (χ4v) is 4.40. The van der Waals surface area contributed by atoms with Gasteiger partial charge in [-0.25, -0.2) is 9.78 Å². The molecule has 0 atom stereocenters. The third-order valence-corrected chi connectivity index (χ3v) is 7.32. The monoisotopic (exact) mass is 657 g/mol. The summed E-state index contributed by atoms with van der Waals surface area (Å²) in [6.45, 7) is 3.95. The molecule has 0 aliphatic rings. The van der Waals surface area contributed by atoms with Gasteiger partial charge < -0.3 is 14.2 Å². The van der Waals surface area contributed by atoms with Gasteiger partial charge in [0.05, 0.1) is 35.3 Å². The molecule has 3 aromatic rings. The average Bonchev–Trinajstić information content (AvgIpc) is 2.82. The van der Waals surface area contributed by atoms with Gasteiger partial charge >= 0.3 is 5.97 Å². The number of ether oxygens (including phenoxy) is 3. The standard InChI is InChI=1S/C23H22Br3N3O5/c1-4-6-18-28-16-8-7-14(24)10-15(16)23(31)29(18)27-11-13-9-17(33-5-2)22(21(26)20(13)25)34-12-19(30)32-3/h7-11H,4-6,12H2,1-3H3. The van der Waals surface area contributed by atoms with E-state index in [1.165, 1.54) is 11.8 Å². The fourth-order valence-electron chi connectivity index (χ4n) is 3.11. The van der Waals surface area contributed by atoms with Gasteiger partial charge in [0.25, 0.3) is 5.56 Å². The molecule has 8 nitrogen and oxygen atoms in total. The molecule has 11 heteroatoms. The second-order valence-electron chi connectivity index (χ2n) is 7.02. The van der Waals surface area contributed by atoms with Gasteiger partial charge in [0.15, 0.2) is 18.1 Å². The summed E-state index contributed by atoms with van der Waals surface area (Å²) < 4.78 is 19.2. The summed E-state index contributed by atoms with van der Waals surface area (Å²) in [7, 11) is 1.29. The van der Waals surface area contributed by atoms with Crippen LogP contribution >= 0.6 is 47.8 Å². The topological polar surface area (TPSA) is 92.0 Å². The zero-order chi connectivity index (χ0) is 24.8. The molecule has 0 spiro atoms. The number of esters is 1. The first-order valence-corrected chi connectivity index (χ1v) is 12.8. The molecule has 0 N–H and O–H groups in total. The van der Waals surface area contributed by atoms with Crippen molar-refractivity contribution in [3.05, 3.63) is 59.4 Å². The second-order valence-corrected chi connectivity index (χ2v) is 9.52. The Labute approximate surface area is 221 Å². The van der Waals surface area contributed by atoms with Crippen LogP contribution in [0, 0.1) is 0 Å². The Hall–Kier alpha value is -2.24. The summed E-state index contributed by atoms with van der Waals surface area (Å²) in [6.07, 6.45) is 2.95. The molecule has 1 heterocycles. The Bertz CT molecular complexity index is 1310. The van der Waals surface area contributed by atoms with Crippen LogP contribution in [0.4, 0.5) is 0 Å². The minimum Gasteiger partial charge on any atom is -0.490 e. The lowest BCUT2D eigenvalue weighted by molar-refractivity contribution is -0.142. The van der Waals surface area contributed by atoms with Gasteiger partial charge in [-0.15, -0.1) is 0 Å². The van der Waals surface area contributed by atoms with E-state index in [-0.39, 0.29) is 12.2 Å². The lowest BCUT2D eigenvalue weighted by Crippen LogP contribution is -2.22. The van der Waals surface area contributed by atoms with Gasteiger partial charge in [0.1, 0.15) is 5.82 Å². The van der Waals surface area contributed by atoms with E-state index in [9.17, 15) is 9.59 Å². The first kappa shape index (κ1) is 26.4. The van der Waals surface area contributed by atoms with Crippen LogP contribution in [0.1, 0.15) is 31.7 Å². The Balaban J connectivity index is 2.09. The number of aromatic nitrogens is 2. The van der Waals surface area contributed by atoms with Crippen molar-refractivity contribution in [1.82, 2.24) is 9.66 Å². The molecule has 2 aromatic carbocycles. The lowest BCUT2D eigenvalue weighted by atomic mass is 10.2. The summed E-state index contributed by atoms with van der Waals surface area (Å²) >= 11 is 10.4. The lowest BCUT2D eigenvalue weighted by Gasteiger charge is -2.16. The summed E-state index contributed by atoms with van der Waals surface area (Å²) in [6, 6.07) is 7.11. The van der Waals surface area contributed by atoms with Gasteiger partial charge in [-0.2, -0.15) is 9.78 Å². The minimum atomic E-state index is -0.519. The largest absolute Gasteiger partial charge is 0.490 e. The van der Waals surface area contributed by atoms with E-state index in [2.05, 4.69) is 62.6 Å². The highest BCUT2D eigenvalue weighted by atomic mass is 79.9. The molecule has 180 valence electrons. The van der Waals surface area contributed by atoms with E-state index in [1.807, 2.05) is 26.0 Å². The minimum absolute atomic E-state index is 0.260. The first-order valence-electron chi connectivity index (χ1n) is 10.4. The van der Waals surface area contributed by atoms with Crippen LogP contribution < -0.4 is 15.0 Å². The van der Waals surface area contributed by atoms with Gasteiger partial charge in [0, 0.05) is 20.9 Å². The number of hydrogen-bond acceptors (Lipinski definition) is 7. The van der Waals surface area contributed by atoms with E-state index in [4.69, 9.17) is 9.47 Å². The quantitative estimate of drug-likeness (QED) is 0.224. The molecule has 0 unspecified atom stereocenters. The number of carbonyl (C=O) groups excluding carboxylic acids is 1. The maximum absolute atomic E-state index is 13.2. The summed E-state index contributed by atoms with van der Waals surface area (Å²) in [5.74, 6) is 0.799. The van der Waals surface area contributed by atoms with Crippen LogP contribution in [0.25, 0.3) is 10.9 Å². The van der Waals surface area contributed by atoms with Crippen molar-refractivity contribution in [2.45, 2.75) is 26.7 Å². The molecule has 0 amide bonds. The molecule has 1 aromatic heterocycles.